The molecule has 2 saturated heterocycles. The van der Waals surface area contributed by atoms with Gasteiger partial charge >= 0.3 is 5.97 Å². The van der Waals surface area contributed by atoms with Gasteiger partial charge in [0, 0.05) is 43.5 Å². The minimum absolute atomic E-state index is 0.0213. The van der Waals surface area contributed by atoms with Gasteiger partial charge in [0.25, 0.3) is 11.8 Å². The number of aliphatic carboxylic acids is 1. The average molecular weight is 736 g/mol. The summed E-state index contributed by atoms with van der Waals surface area (Å²) >= 11 is 12.1. The van der Waals surface area contributed by atoms with Gasteiger partial charge in [-0.1, -0.05) is 41.4 Å². The van der Waals surface area contributed by atoms with Crippen LogP contribution in [0.5, 0.6) is 0 Å². The molecule has 0 bridgehead atoms. The molecule has 2 amide bonds. The van der Waals surface area contributed by atoms with Crippen molar-refractivity contribution in [2.75, 3.05) is 25.0 Å². The van der Waals surface area contributed by atoms with Crippen LogP contribution >= 0.6 is 23.2 Å². The number of sulfonamides is 1. The number of carboxylic acids is 1. The van der Waals surface area contributed by atoms with Crippen molar-refractivity contribution in [1.82, 2.24) is 19.5 Å². The summed E-state index contributed by atoms with van der Waals surface area (Å²) in [5.74, 6) is -5.87. The Bertz CT molecular complexity index is 1890. The topological polar surface area (TPSA) is 173 Å². The number of nitrogens with zero attached hydrogens (tertiary/aromatic N) is 4. The normalized spacial score (nSPS) is 20.2. The smallest absolute Gasteiger partial charge is 0.326 e. The Morgan fingerprint density at radius 1 is 1.12 bits per heavy atom. The Labute approximate surface area is 290 Å². The number of nitriles is 1. The molecule has 1 aromatic heterocycles. The number of benzene rings is 2. The molecule has 2 aromatic carbocycles. The molecule has 5 rings (SSSR count). The summed E-state index contributed by atoms with van der Waals surface area (Å²) in [5.41, 5.74) is 0.890. The summed E-state index contributed by atoms with van der Waals surface area (Å²) in [5, 5.41) is 24.5. The second-order valence-electron chi connectivity index (χ2n) is 11.8. The number of nitrogens with one attached hydrogen (secondary N) is 2. The molecular formula is C32H30Cl2F2N6O6S. The standard InChI is InChI=1S/C32H30Cl2F2N6O6S/c33-24-15-38-16-25(34)28(24)30(44)39-21-7-5-19(6-8-21)12-26(31(45)46)40-29(43)27-13-22(41-10-2-9-32(35,36)18-41)17-42(27)49(47,48)23-4-1-3-20(11-23)14-37/h1,3-8,11,15-16,22,26-27H,2,9-10,12-13,17-18H2,(H,39,44)(H,40,43)(H,45,46)/t22?,26-,27-/m0/s1. The lowest BCUT2D eigenvalue weighted by Gasteiger charge is -2.36. The summed E-state index contributed by atoms with van der Waals surface area (Å²) in [4.78, 5) is 43.7. The molecule has 0 spiro atoms. The van der Waals surface area contributed by atoms with Gasteiger partial charge in [-0.15, -0.1) is 0 Å². The van der Waals surface area contributed by atoms with Crippen LogP contribution in [0.1, 0.15) is 40.7 Å². The van der Waals surface area contributed by atoms with Gasteiger partial charge in [0.15, 0.2) is 0 Å². The highest BCUT2D eigenvalue weighted by Crippen LogP contribution is 2.34. The molecule has 258 valence electrons. The molecule has 0 radical (unpaired) electrons. The molecule has 1 unspecified atom stereocenters. The fraction of sp³-hybridized carbons (Fsp3) is 0.344. The Morgan fingerprint density at radius 3 is 2.45 bits per heavy atom. The third-order valence-electron chi connectivity index (χ3n) is 8.39. The van der Waals surface area contributed by atoms with Gasteiger partial charge in [-0.05, 0) is 55.3 Å². The highest BCUT2D eigenvalue weighted by molar-refractivity contribution is 7.89. The van der Waals surface area contributed by atoms with Crippen molar-refractivity contribution in [3.05, 3.63) is 87.7 Å². The summed E-state index contributed by atoms with van der Waals surface area (Å²) in [6.45, 7) is -0.599. The Balaban J connectivity index is 1.33. The number of piperidine rings is 1. The number of hydrogen-bond acceptors (Lipinski definition) is 8. The SMILES string of the molecule is N#Cc1cccc(S(=O)(=O)N2CC(N3CCCC(F)(F)C3)C[C@H]2C(=O)N[C@@H](Cc2ccc(NC(=O)c3c(Cl)cncc3Cl)cc2)C(=O)O)c1. The summed E-state index contributed by atoms with van der Waals surface area (Å²) in [6, 6.07) is 9.52. The van der Waals surface area contributed by atoms with Gasteiger partial charge in [0.1, 0.15) is 12.1 Å². The van der Waals surface area contributed by atoms with E-state index in [0.29, 0.717) is 11.3 Å². The number of amides is 2. The van der Waals surface area contributed by atoms with E-state index in [1.807, 2.05) is 6.07 Å². The van der Waals surface area contributed by atoms with Crippen LogP contribution in [-0.2, 0) is 26.0 Å². The number of rotatable bonds is 10. The van der Waals surface area contributed by atoms with Crippen molar-refractivity contribution in [3.63, 3.8) is 0 Å². The van der Waals surface area contributed by atoms with E-state index in [1.165, 1.54) is 59.8 Å². The summed E-state index contributed by atoms with van der Waals surface area (Å²) < 4.78 is 57.2. The Hall–Kier alpha value is -4.20. The van der Waals surface area contributed by atoms with E-state index in [-0.39, 0.29) is 64.8 Å². The van der Waals surface area contributed by atoms with Gasteiger partial charge < -0.3 is 15.7 Å². The predicted octanol–water partition coefficient (Wildman–Crippen LogP) is 4.19. The van der Waals surface area contributed by atoms with E-state index in [9.17, 15) is 42.0 Å². The van der Waals surface area contributed by atoms with E-state index < -0.39 is 58.4 Å². The lowest BCUT2D eigenvalue weighted by Crippen LogP contribution is -2.51. The highest BCUT2D eigenvalue weighted by Gasteiger charge is 2.48. The lowest BCUT2D eigenvalue weighted by molar-refractivity contribution is -0.142. The predicted molar refractivity (Wildman–Crippen MR) is 175 cm³/mol. The monoisotopic (exact) mass is 734 g/mol. The first-order valence-electron chi connectivity index (χ1n) is 15.0. The van der Waals surface area contributed by atoms with Crippen molar-refractivity contribution < 1.29 is 36.7 Å². The van der Waals surface area contributed by atoms with E-state index >= 15 is 0 Å². The maximum Gasteiger partial charge on any atom is 0.326 e. The van der Waals surface area contributed by atoms with Gasteiger partial charge in [-0.2, -0.15) is 9.57 Å². The summed E-state index contributed by atoms with van der Waals surface area (Å²) in [6.07, 6.45) is 2.07. The number of pyridine rings is 1. The summed E-state index contributed by atoms with van der Waals surface area (Å²) in [7, 11) is -4.42. The van der Waals surface area contributed by atoms with E-state index in [2.05, 4.69) is 15.6 Å². The van der Waals surface area contributed by atoms with E-state index in [4.69, 9.17) is 23.2 Å². The van der Waals surface area contributed by atoms with Gasteiger partial charge in [-0.3, -0.25) is 19.5 Å². The largest absolute Gasteiger partial charge is 0.480 e. The van der Waals surface area contributed by atoms with Crippen LogP contribution in [0.25, 0.3) is 0 Å². The van der Waals surface area contributed by atoms with E-state index in [1.54, 1.807) is 0 Å². The lowest BCUT2D eigenvalue weighted by atomic mass is 10.0. The minimum atomic E-state index is -4.42. The zero-order valence-corrected chi connectivity index (χ0v) is 28.0. The highest BCUT2D eigenvalue weighted by atomic mass is 35.5. The van der Waals surface area contributed by atoms with Crippen LogP contribution in [0, 0.1) is 11.3 Å². The van der Waals surface area contributed by atoms with Crippen molar-refractivity contribution in [3.8, 4) is 6.07 Å². The number of aromatic nitrogens is 1. The zero-order chi connectivity index (χ0) is 35.5. The minimum Gasteiger partial charge on any atom is -0.480 e. The van der Waals surface area contributed by atoms with Crippen molar-refractivity contribution >= 4 is 56.7 Å². The molecule has 3 heterocycles. The number of carbonyl (C=O) groups excluding carboxylic acids is 2. The fourth-order valence-corrected chi connectivity index (χ4v) is 8.19. The molecule has 2 aliphatic heterocycles. The first-order chi connectivity index (χ1) is 23.2. The van der Waals surface area contributed by atoms with Crippen LogP contribution in [0.15, 0.2) is 65.8 Å². The molecule has 3 aromatic rings. The molecule has 2 aliphatic rings. The number of hydrogen-bond donors (Lipinski definition) is 3. The van der Waals surface area contributed by atoms with Crippen molar-refractivity contribution in [2.24, 2.45) is 0 Å². The molecule has 3 atom stereocenters. The second-order valence-corrected chi connectivity index (χ2v) is 14.5. The van der Waals surface area contributed by atoms with Crippen LogP contribution < -0.4 is 10.6 Å². The molecule has 17 heteroatoms. The molecule has 2 fully saturated rings. The zero-order valence-electron chi connectivity index (χ0n) is 25.7. The molecule has 49 heavy (non-hydrogen) atoms. The Morgan fingerprint density at radius 2 is 1.82 bits per heavy atom. The maximum atomic E-state index is 14.3. The molecule has 0 aliphatic carbocycles. The number of anilines is 1. The second kappa shape index (κ2) is 14.7. The van der Waals surface area contributed by atoms with Gasteiger partial charge in [0.2, 0.25) is 15.9 Å². The van der Waals surface area contributed by atoms with Crippen molar-refractivity contribution in [2.45, 2.75) is 54.6 Å². The molecular weight excluding hydrogens is 705 g/mol. The molecule has 0 saturated carbocycles. The van der Waals surface area contributed by atoms with E-state index in [0.717, 1.165) is 10.4 Å². The van der Waals surface area contributed by atoms with Crippen LogP contribution in [0.2, 0.25) is 10.0 Å². The number of likely N-dealkylation sites (tertiary alicyclic amines) is 1. The van der Waals surface area contributed by atoms with Gasteiger partial charge in [-0.25, -0.2) is 22.0 Å². The van der Waals surface area contributed by atoms with Gasteiger partial charge in [0.05, 0.1) is 38.7 Å². The number of carbonyl (C=O) groups is 3. The molecule has 12 nitrogen and oxygen atoms in total. The Kier molecular flexibility index (Phi) is 10.9. The van der Waals surface area contributed by atoms with Crippen LogP contribution in [0.4, 0.5) is 14.5 Å². The maximum absolute atomic E-state index is 14.3. The van der Waals surface area contributed by atoms with Crippen LogP contribution in [0.3, 0.4) is 0 Å². The number of halogens is 4. The average Bonchev–Trinajstić information content (AvgIpc) is 3.52. The number of alkyl halides is 2. The third-order valence-corrected chi connectivity index (χ3v) is 10.8. The first-order valence-corrected chi connectivity index (χ1v) is 17.2. The van der Waals surface area contributed by atoms with Crippen molar-refractivity contribution in [1.29, 1.82) is 5.26 Å². The number of carboxylic acid groups (broad SMARTS) is 1. The first kappa shape index (κ1) is 36.1. The molecule has 3 N–H and O–H groups in total. The fourth-order valence-electron chi connectivity index (χ4n) is 5.97. The van der Waals surface area contributed by atoms with Crippen LogP contribution in [-0.4, -0.2) is 89.2 Å². The quantitative estimate of drug-likeness (QED) is 0.276. The third kappa shape index (κ3) is 8.34.